The van der Waals surface area contributed by atoms with Crippen molar-refractivity contribution < 1.29 is 0 Å². The minimum atomic E-state index is -2.63. The predicted molar refractivity (Wildman–Crippen MR) is 306 cm³/mol. The van der Waals surface area contributed by atoms with E-state index in [1.807, 2.05) is 0 Å². The van der Waals surface area contributed by atoms with Crippen LogP contribution in [0.5, 0.6) is 0 Å². The first-order valence-corrected chi connectivity index (χ1v) is 28.7. The molecule has 0 radical (unpaired) electrons. The van der Waals surface area contributed by atoms with Gasteiger partial charge in [0.25, 0.3) is 0 Å². The molecule has 0 aromatic heterocycles. The second-order valence-electron chi connectivity index (χ2n) is 21.6. The summed E-state index contributed by atoms with van der Waals surface area (Å²) >= 11 is 0. The second kappa shape index (κ2) is 17.8. The van der Waals surface area contributed by atoms with Crippen LogP contribution >= 0.6 is 0 Å². The molecule has 0 N–H and O–H groups in total. The molecule has 10 aromatic rings. The molecule has 0 heterocycles. The molecule has 3 fully saturated rings. The molecule has 2 unspecified atom stereocenters. The largest absolute Gasteiger partial charge is 0.310 e. The molecule has 5 atom stereocenters. The maximum Gasteiger partial charge on any atom is 0.179 e. The molecule has 0 saturated heterocycles. The van der Waals surface area contributed by atoms with Crippen molar-refractivity contribution in [1.82, 2.24) is 0 Å². The van der Waals surface area contributed by atoms with Crippen molar-refractivity contribution in [3.63, 3.8) is 0 Å². The fraction of sp³-hybridized carbons (Fsp3) is 0.155. The lowest BCUT2D eigenvalue weighted by atomic mass is 9.46. The lowest BCUT2D eigenvalue weighted by Crippen LogP contribution is -2.74. The van der Waals surface area contributed by atoms with Crippen LogP contribution in [0, 0.1) is 23.7 Å². The highest BCUT2D eigenvalue weighted by Gasteiger charge is 2.61. The number of fused-ring (bicyclic) bond motifs is 7. The Labute approximate surface area is 432 Å². The first-order valence-electron chi connectivity index (χ1n) is 26.7. The molecule has 3 saturated carbocycles. The van der Waals surface area contributed by atoms with E-state index in [0.717, 1.165) is 29.1 Å². The minimum Gasteiger partial charge on any atom is -0.310 e. The van der Waals surface area contributed by atoms with Gasteiger partial charge < -0.3 is 4.90 Å². The van der Waals surface area contributed by atoms with E-state index in [0.29, 0.717) is 5.92 Å². The molecule has 2 heteroatoms. The molecular formula is C71H59NSi. The quantitative estimate of drug-likeness (QED) is 0.0975. The molecule has 4 aliphatic carbocycles. The summed E-state index contributed by atoms with van der Waals surface area (Å²) < 4.78 is 0. The van der Waals surface area contributed by atoms with Crippen LogP contribution in [0.4, 0.5) is 17.1 Å². The van der Waals surface area contributed by atoms with Crippen LogP contribution in [0.3, 0.4) is 0 Å². The van der Waals surface area contributed by atoms with Gasteiger partial charge in [-0.25, -0.2) is 0 Å². The van der Waals surface area contributed by atoms with E-state index in [1.165, 1.54) is 91.9 Å². The predicted octanol–water partition coefficient (Wildman–Crippen LogP) is 14.6. The van der Waals surface area contributed by atoms with Gasteiger partial charge in [-0.2, -0.15) is 0 Å². The van der Waals surface area contributed by atoms with Crippen molar-refractivity contribution in [1.29, 1.82) is 0 Å². The van der Waals surface area contributed by atoms with Gasteiger partial charge >= 0.3 is 0 Å². The number of hydrogen-bond acceptors (Lipinski definition) is 1. The zero-order valence-corrected chi connectivity index (χ0v) is 42.3. The third-order valence-electron chi connectivity index (χ3n) is 18.2. The highest BCUT2D eigenvalue weighted by Crippen LogP contribution is 2.68. The van der Waals surface area contributed by atoms with Gasteiger partial charge in [-0.3, -0.25) is 0 Å². The molecule has 10 aromatic carbocycles. The number of benzene rings is 10. The van der Waals surface area contributed by atoms with Gasteiger partial charge in [0, 0.05) is 22.5 Å². The van der Waals surface area contributed by atoms with Gasteiger partial charge in [0.1, 0.15) is 0 Å². The van der Waals surface area contributed by atoms with Crippen LogP contribution in [0.2, 0.25) is 0 Å². The Morgan fingerprint density at radius 3 is 1.32 bits per heavy atom. The Hall–Kier alpha value is -7.78. The maximum absolute atomic E-state index is 2.63. The first kappa shape index (κ1) is 44.0. The van der Waals surface area contributed by atoms with Crippen molar-refractivity contribution in [3.05, 3.63) is 306 Å². The molecule has 0 amide bonds. The van der Waals surface area contributed by atoms with E-state index in [-0.39, 0.29) is 5.41 Å². The molecule has 73 heavy (non-hydrogen) atoms. The summed E-state index contributed by atoms with van der Waals surface area (Å²) in [6.45, 7) is 0. The highest BCUT2D eigenvalue weighted by atomic mass is 28.3. The minimum absolute atomic E-state index is 0.0337. The van der Waals surface area contributed by atoms with Gasteiger partial charge in [-0.05, 0) is 157 Å². The van der Waals surface area contributed by atoms with Crippen LogP contribution in [-0.2, 0) is 10.8 Å². The fourth-order valence-electron chi connectivity index (χ4n) is 15.4. The van der Waals surface area contributed by atoms with Crippen molar-refractivity contribution in [2.45, 2.75) is 42.9 Å². The van der Waals surface area contributed by atoms with Crippen molar-refractivity contribution in [2.75, 3.05) is 4.90 Å². The van der Waals surface area contributed by atoms with E-state index in [1.54, 1.807) is 11.1 Å². The molecular weight excluding hydrogens is 895 g/mol. The number of hydrogen-bond donors (Lipinski definition) is 0. The Morgan fingerprint density at radius 2 is 0.753 bits per heavy atom. The topological polar surface area (TPSA) is 3.24 Å². The van der Waals surface area contributed by atoms with Crippen LogP contribution in [-0.4, -0.2) is 8.07 Å². The Bertz CT molecular complexity index is 3410. The Kier molecular flexibility index (Phi) is 10.7. The van der Waals surface area contributed by atoms with Crippen LogP contribution < -0.4 is 25.6 Å². The number of para-hydroxylation sites is 1. The van der Waals surface area contributed by atoms with Crippen molar-refractivity contribution in [2.24, 2.45) is 23.7 Å². The monoisotopic (exact) mass is 953 g/mol. The second-order valence-corrected chi connectivity index (χ2v) is 25.4. The van der Waals surface area contributed by atoms with E-state index in [9.17, 15) is 0 Å². The lowest BCUT2D eigenvalue weighted by Gasteiger charge is -2.57. The maximum atomic E-state index is 2.62. The summed E-state index contributed by atoms with van der Waals surface area (Å²) in [5, 5.41) is 5.53. The number of anilines is 3. The molecule has 1 spiro atoms. The fourth-order valence-corrected chi connectivity index (χ4v) is 20.1. The van der Waals surface area contributed by atoms with Crippen LogP contribution in [0.15, 0.2) is 273 Å². The van der Waals surface area contributed by atoms with Crippen LogP contribution in [0.1, 0.15) is 65.5 Å². The Morgan fingerprint density at radius 1 is 0.329 bits per heavy atom. The molecule has 352 valence electrons. The van der Waals surface area contributed by atoms with Gasteiger partial charge in [0.15, 0.2) is 8.07 Å². The van der Waals surface area contributed by atoms with Gasteiger partial charge in [0.2, 0.25) is 0 Å². The summed E-state index contributed by atoms with van der Waals surface area (Å²) in [6.07, 6.45) is 6.79. The van der Waals surface area contributed by atoms with E-state index < -0.39 is 13.5 Å². The normalized spacial score (nSPS) is 21.0. The van der Waals surface area contributed by atoms with Crippen LogP contribution in [0.25, 0.3) is 11.1 Å². The summed E-state index contributed by atoms with van der Waals surface area (Å²) in [5.41, 5.74) is 14.0. The standard InChI is InChI=1S/C71H59NSi/c1-7-21-56(22-8-1)71(57-23-9-2-10-24-57)68-34-20-19-33-66(68)70(50-55-46-51-45-54(55)48-58(70)47-51)67-44-41-61(49-69(67)71)72(59-25-11-3-12-26-59)60-39-35-52(36-40-60)53-37-42-65(43-38-53)73(62-27-13-4-14-28-62,63-29-15-5-16-30-63)64-31-17-6-18-32-64/h1-44,49,51,54-55,58H,45-48,50H2/t51-,54-,55?,58-,70?/m1/s1. The molecule has 0 aliphatic heterocycles. The number of nitrogens with zero attached hydrogens (tertiary/aromatic N) is 1. The summed E-state index contributed by atoms with van der Waals surface area (Å²) in [5.74, 6) is 3.15. The van der Waals surface area contributed by atoms with E-state index in [4.69, 9.17) is 0 Å². The van der Waals surface area contributed by atoms with E-state index in [2.05, 4.69) is 278 Å². The van der Waals surface area contributed by atoms with E-state index >= 15 is 0 Å². The molecule has 14 rings (SSSR count). The zero-order chi connectivity index (χ0) is 48.4. The molecule has 1 nitrogen and oxygen atoms in total. The van der Waals surface area contributed by atoms with Gasteiger partial charge in [0.05, 0.1) is 5.41 Å². The highest BCUT2D eigenvalue weighted by molar-refractivity contribution is 7.19. The average Bonchev–Trinajstić information content (AvgIpc) is 3.69. The van der Waals surface area contributed by atoms with Gasteiger partial charge in [-0.1, -0.05) is 237 Å². The molecule has 3 bridgehead atoms. The summed E-state index contributed by atoms with van der Waals surface area (Å²) in [7, 11) is -2.63. The smallest absolute Gasteiger partial charge is 0.179 e. The van der Waals surface area contributed by atoms with Crippen molar-refractivity contribution >= 4 is 45.9 Å². The Balaban J connectivity index is 0.918. The molecule has 4 aliphatic rings. The van der Waals surface area contributed by atoms with Gasteiger partial charge in [-0.15, -0.1) is 0 Å². The lowest BCUT2D eigenvalue weighted by molar-refractivity contribution is 0.0989. The summed E-state index contributed by atoms with van der Waals surface area (Å²) in [4.78, 5) is 2.50. The third kappa shape index (κ3) is 6.80. The summed E-state index contributed by atoms with van der Waals surface area (Å²) in [6, 6.07) is 104. The number of rotatable bonds is 10. The SMILES string of the molecule is c1ccc(N(c2ccc(-c3ccc([Si](c4ccccc4)(c4ccccc4)c4ccccc4)cc3)cc2)c2ccc3c(c2)C(c2ccccc2)(c2ccccc2)c2ccccc2C32CC3C[C@H]4C[C@@H]3C[C@H]2C4)cc1. The average molecular weight is 954 g/mol. The first-order chi connectivity index (χ1) is 36.2. The zero-order valence-electron chi connectivity index (χ0n) is 41.3. The third-order valence-corrected chi connectivity index (χ3v) is 23.0. The van der Waals surface area contributed by atoms with Crippen molar-refractivity contribution in [3.8, 4) is 11.1 Å².